The third-order valence-corrected chi connectivity index (χ3v) is 4.31. The highest BCUT2D eigenvalue weighted by Crippen LogP contribution is 2.14. The van der Waals surface area contributed by atoms with Crippen molar-refractivity contribution in [2.24, 2.45) is 0 Å². The number of amides is 1. The van der Waals surface area contributed by atoms with Crippen LogP contribution in [-0.2, 0) is 11.2 Å². The van der Waals surface area contributed by atoms with Crippen LogP contribution in [0.4, 0.5) is 5.69 Å². The van der Waals surface area contributed by atoms with E-state index in [1.807, 2.05) is 37.4 Å². The SMILES string of the molecule is CC(Cc1cccs1)N(C)C(=O)/C=C/c1cccc(N)c1. The summed E-state index contributed by atoms with van der Waals surface area (Å²) < 4.78 is 0. The van der Waals surface area contributed by atoms with Crippen LogP contribution in [-0.4, -0.2) is 23.9 Å². The average molecular weight is 300 g/mol. The molecule has 1 amide bonds. The van der Waals surface area contributed by atoms with E-state index in [9.17, 15) is 4.79 Å². The van der Waals surface area contributed by atoms with Gasteiger partial charge in [0.25, 0.3) is 0 Å². The molecule has 0 fully saturated rings. The quantitative estimate of drug-likeness (QED) is 0.679. The van der Waals surface area contributed by atoms with Crippen LogP contribution < -0.4 is 5.73 Å². The minimum atomic E-state index is 0.00137. The Hall–Kier alpha value is -2.07. The van der Waals surface area contributed by atoms with E-state index in [1.165, 1.54) is 4.88 Å². The molecule has 0 spiro atoms. The summed E-state index contributed by atoms with van der Waals surface area (Å²) in [7, 11) is 1.84. The maximum absolute atomic E-state index is 12.2. The molecule has 0 bridgehead atoms. The number of carbonyl (C=O) groups excluding carboxylic acids is 1. The van der Waals surface area contributed by atoms with Crippen LogP contribution in [0.5, 0.6) is 0 Å². The lowest BCUT2D eigenvalue weighted by Crippen LogP contribution is -2.35. The van der Waals surface area contributed by atoms with Gasteiger partial charge in [-0.05, 0) is 42.1 Å². The molecule has 0 saturated heterocycles. The Morgan fingerprint density at radius 1 is 1.38 bits per heavy atom. The number of nitrogens with zero attached hydrogens (tertiary/aromatic N) is 1. The molecule has 0 radical (unpaired) electrons. The Kier molecular flexibility index (Phi) is 5.17. The second kappa shape index (κ2) is 7.09. The fourth-order valence-electron chi connectivity index (χ4n) is 2.02. The monoisotopic (exact) mass is 300 g/mol. The van der Waals surface area contributed by atoms with Gasteiger partial charge < -0.3 is 10.6 Å². The van der Waals surface area contributed by atoms with E-state index >= 15 is 0 Å². The molecule has 0 saturated carbocycles. The van der Waals surface area contributed by atoms with Crippen LogP contribution in [0.1, 0.15) is 17.4 Å². The molecule has 2 aromatic rings. The van der Waals surface area contributed by atoms with Gasteiger partial charge in [-0.1, -0.05) is 18.2 Å². The minimum absolute atomic E-state index is 0.00137. The standard InChI is InChI=1S/C17H20N2OS/c1-13(11-16-7-4-10-21-16)19(2)17(20)9-8-14-5-3-6-15(18)12-14/h3-10,12-13H,11,18H2,1-2H3/b9-8+. The van der Waals surface area contributed by atoms with Crippen LogP contribution in [0.15, 0.2) is 47.9 Å². The van der Waals surface area contributed by atoms with Gasteiger partial charge in [-0.3, -0.25) is 4.79 Å². The zero-order valence-corrected chi connectivity index (χ0v) is 13.1. The highest BCUT2D eigenvalue weighted by atomic mass is 32.1. The Labute approximate surface area is 129 Å². The largest absolute Gasteiger partial charge is 0.399 e. The van der Waals surface area contributed by atoms with E-state index in [2.05, 4.69) is 18.4 Å². The van der Waals surface area contributed by atoms with E-state index in [4.69, 9.17) is 5.73 Å². The number of thiophene rings is 1. The molecule has 3 nitrogen and oxygen atoms in total. The first-order valence-electron chi connectivity index (χ1n) is 6.89. The van der Waals surface area contributed by atoms with Crippen molar-refractivity contribution >= 4 is 29.0 Å². The van der Waals surface area contributed by atoms with Gasteiger partial charge in [-0.2, -0.15) is 0 Å². The van der Waals surface area contributed by atoms with Crippen LogP contribution in [0, 0.1) is 0 Å². The summed E-state index contributed by atoms with van der Waals surface area (Å²) in [5, 5.41) is 2.06. The second-order valence-electron chi connectivity index (χ2n) is 5.09. The van der Waals surface area contributed by atoms with Crippen molar-refractivity contribution in [3.8, 4) is 0 Å². The van der Waals surface area contributed by atoms with Gasteiger partial charge in [-0.15, -0.1) is 11.3 Å². The fraction of sp³-hybridized carbons (Fsp3) is 0.235. The Bertz CT molecular complexity index is 619. The molecule has 2 rings (SSSR count). The first kappa shape index (κ1) is 15.3. The molecule has 21 heavy (non-hydrogen) atoms. The highest BCUT2D eigenvalue weighted by molar-refractivity contribution is 7.09. The Morgan fingerprint density at radius 3 is 2.86 bits per heavy atom. The summed E-state index contributed by atoms with van der Waals surface area (Å²) >= 11 is 1.72. The van der Waals surface area contributed by atoms with E-state index < -0.39 is 0 Å². The fourth-order valence-corrected chi connectivity index (χ4v) is 2.85. The maximum Gasteiger partial charge on any atom is 0.246 e. The molecule has 110 valence electrons. The van der Waals surface area contributed by atoms with Crippen LogP contribution in [0.3, 0.4) is 0 Å². The normalized spacial score (nSPS) is 12.5. The molecule has 1 aromatic heterocycles. The summed E-state index contributed by atoms with van der Waals surface area (Å²) in [5.41, 5.74) is 7.35. The molecule has 0 aliphatic rings. The molecule has 1 atom stereocenters. The van der Waals surface area contributed by atoms with Crippen molar-refractivity contribution in [3.63, 3.8) is 0 Å². The van der Waals surface area contributed by atoms with Crippen LogP contribution in [0.2, 0.25) is 0 Å². The van der Waals surface area contributed by atoms with Crippen LogP contribution >= 0.6 is 11.3 Å². The van der Waals surface area contributed by atoms with Crippen molar-refractivity contribution in [2.75, 3.05) is 12.8 Å². The van der Waals surface area contributed by atoms with E-state index in [1.54, 1.807) is 28.4 Å². The molecule has 1 unspecified atom stereocenters. The number of nitrogens with two attached hydrogens (primary N) is 1. The lowest BCUT2D eigenvalue weighted by molar-refractivity contribution is -0.126. The van der Waals surface area contributed by atoms with E-state index in [0.29, 0.717) is 5.69 Å². The van der Waals surface area contributed by atoms with Crippen molar-refractivity contribution in [2.45, 2.75) is 19.4 Å². The first-order valence-corrected chi connectivity index (χ1v) is 7.77. The number of rotatable bonds is 5. The van der Waals surface area contributed by atoms with Gasteiger partial charge in [0.2, 0.25) is 5.91 Å². The first-order chi connectivity index (χ1) is 10.1. The predicted octanol–water partition coefficient (Wildman–Crippen LogP) is 3.43. The molecule has 2 N–H and O–H groups in total. The zero-order valence-electron chi connectivity index (χ0n) is 12.3. The average Bonchev–Trinajstić information content (AvgIpc) is 2.97. The number of benzene rings is 1. The summed E-state index contributed by atoms with van der Waals surface area (Å²) in [6.45, 7) is 2.06. The molecular weight excluding hydrogens is 280 g/mol. The smallest absolute Gasteiger partial charge is 0.246 e. The number of hydrogen-bond donors (Lipinski definition) is 1. The van der Waals surface area contributed by atoms with Gasteiger partial charge in [0.05, 0.1) is 0 Å². The topological polar surface area (TPSA) is 46.3 Å². The van der Waals surface area contributed by atoms with Crippen molar-refractivity contribution in [1.29, 1.82) is 0 Å². The minimum Gasteiger partial charge on any atom is -0.399 e. The van der Waals surface area contributed by atoms with Gasteiger partial charge >= 0.3 is 0 Å². The summed E-state index contributed by atoms with van der Waals surface area (Å²) in [5.74, 6) is 0.00137. The number of carbonyl (C=O) groups is 1. The van der Waals surface area contributed by atoms with Crippen LogP contribution in [0.25, 0.3) is 6.08 Å². The summed E-state index contributed by atoms with van der Waals surface area (Å²) in [6, 6.07) is 11.8. The summed E-state index contributed by atoms with van der Waals surface area (Å²) in [6.07, 6.45) is 4.28. The van der Waals surface area contributed by atoms with Crippen molar-refractivity contribution < 1.29 is 4.79 Å². The Morgan fingerprint density at radius 2 is 2.19 bits per heavy atom. The number of likely N-dealkylation sites (N-methyl/N-ethyl adjacent to an activating group) is 1. The number of nitrogen functional groups attached to an aromatic ring is 1. The lowest BCUT2D eigenvalue weighted by atomic mass is 10.1. The van der Waals surface area contributed by atoms with Gasteiger partial charge in [0.15, 0.2) is 0 Å². The second-order valence-corrected chi connectivity index (χ2v) is 6.12. The number of anilines is 1. The highest BCUT2D eigenvalue weighted by Gasteiger charge is 2.14. The molecule has 0 aliphatic carbocycles. The maximum atomic E-state index is 12.2. The predicted molar refractivity (Wildman–Crippen MR) is 90.1 cm³/mol. The molecule has 1 heterocycles. The molecule has 4 heteroatoms. The lowest BCUT2D eigenvalue weighted by Gasteiger charge is -2.23. The van der Waals surface area contributed by atoms with Gasteiger partial charge in [0.1, 0.15) is 0 Å². The van der Waals surface area contributed by atoms with Gasteiger partial charge in [-0.25, -0.2) is 0 Å². The number of hydrogen-bond acceptors (Lipinski definition) is 3. The third-order valence-electron chi connectivity index (χ3n) is 3.41. The summed E-state index contributed by atoms with van der Waals surface area (Å²) in [4.78, 5) is 15.2. The zero-order chi connectivity index (χ0) is 15.2. The van der Waals surface area contributed by atoms with Crippen molar-refractivity contribution in [1.82, 2.24) is 4.90 Å². The molecular formula is C17H20N2OS. The molecule has 1 aromatic carbocycles. The molecule has 0 aliphatic heterocycles. The van der Waals surface area contributed by atoms with E-state index in [0.717, 1.165) is 12.0 Å². The third kappa shape index (κ3) is 4.46. The van der Waals surface area contributed by atoms with Gasteiger partial charge in [0, 0.05) is 36.2 Å². The van der Waals surface area contributed by atoms with E-state index in [-0.39, 0.29) is 11.9 Å². The Balaban J connectivity index is 1.95. The van der Waals surface area contributed by atoms with Crippen molar-refractivity contribution in [3.05, 3.63) is 58.3 Å².